The maximum Gasteiger partial charge on any atom is 0.335 e. The number of amides is 2. The van der Waals surface area contributed by atoms with Crippen LogP contribution < -0.4 is 5.32 Å². The van der Waals surface area contributed by atoms with Crippen molar-refractivity contribution in [2.75, 3.05) is 18.1 Å². The Hall–Kier alpha value is -1.69. The average molecular weight is 306 g/mol. The molecule has 2 heterocycles. The Labute approximate surface area is 127 Å². The second-order valence-corrected chi connectivity index (χ2v) is 6.71. The Kier molecular flexibility index (Phi) is 4.05. The van der Waals surface area contributed by atoms with E-state index in [2.05, 4.69) is 5.32 Å². The Balaban J connectivity index is 1.58. The zero-order valence-corrected chi connectivity index (χ0v) is 12.5. The topological polar surface area (TPSA) is 69.6 Å². The van der Waals surface area contributed by atoms with Crippen molar-refractivity contribution in [3.05, 3.63) is 34.9 Å². The molecular weight excluding hydrogens is 288 g/mol. The number of urea groups is 1. The lowest BCUT2D eigenvalue weighted by atomic mass is 10.1. The van der Waals surface area contributed by atoms with Gasteiger partial charge in [0.1, 0.15) is 0 Å². The van der Waals surface area contributed by atoms with Crippen LogP contribution in [0.3, 0.4) is 0 Å². The summed E-state index contributed by atoms with van der Waals surface area (Å²) in [4.78, 5) is 24.9. The predicted octanol–water partition coefficient (Wildman–Crippen LogP) is 2.16. The number of nitrogens with one attached hydrogen (secondary N) is 1. The van der Waals surface area contributed by atoms with Crippen molar-refractivity contribution in [1.82, 2.24) is 10.2 Å². The SMILES string of the molecule is O=C(O)c1ccc2c(c1)CN(C(=O)NCC1CCSC1)C2. The zero-order valence-electron chi connectivity index (χ0n) is 11.7. The van der Waals surface area contributed by atoms with Gasteiger partial charge in [0.05, 0.1) is 5.56 Å². The molecule has 1 aromatic carbocycles. The van der Waals surface area contributed by atoms with Gasteiger partial charge in [0.25, 0.3) is 0 Å². The minimum absolute atomic E-state index is 0.0556. The van der Waals surface area contributed by atoms with E-state index < -0.39 is 5.97 Å². The lowest BCUT2D eigenvalue weighted by Gasteiger charge is -2.18. The number of carbonyl (C=O) groups is 2. The van der Waals surface area contributed by atoms with E-state index in [9.17, 15) is 9.59 Å². The highest BCUT2D eigenvalue weighted by molar-refractivity contribution is 7.99. The summed E-state index contributed by atoms with van der Waals surface area (Å²) in [6, 6.07) is 5.01. The molecule has 2 amide bonds. The largest absolute Gasteiger partial charge is 0.478 e. The summed E-state index contributed by atoms with van der Waals surface area (Å²) in [6.07, 6.45) is 1.17. The fourth-order valence-corrected chi connectivity index (χ4v) is 4.04. The molecule has 1 fully saturated rings. The Morgan fingerprint density at radius 2 is 2.14 bits per heavy atom. The molecule has 2 N–H and O–H groups in total. The van der Waals surface area contributed by atoms with Crippen molar-refractivity contribution in [3.63, 3.8) is 0 Å². The maximum atomic E-state index is 12.2. The number of hydrogen-bond donors (Lipinski definition) is 2. The lowest BCUT2D eigenvalue weighted by molar-refractivity contribution is 0.0696. The number of aromatic carboxylic acids is 1. The quantitative estimate of drug-likeness (QED) is 0.898. The Morgan fingerprint density at radius 3 is 2.86 bits per heavy atom. The third-order valence-electron chi connectivity index (χ3n) is 4.03. The van der Waals surface area contributed by atoms with Crippen LogP contribution in [0.25, 0.3) is 0 Å². The summed E-state index contributed by atoms with van der Waals surface area (Å²) in [5.74, 6) is 1.97. The third-order valence-corrected chi connectivity index (χ3v) is 5.26. The Morgan fingerprint density at radius 1 is 1.33 bits per heavy atom. The molecule has 2 aliphatic rings. The molecule has 1 atom stereocenters. The van der Waals surface area contributed by atoms with E-state index in [1.807, 2.05) is 11.8 Å². The van der Waals surface area contributed by atoms with Crippen LogP contribution in [0, 0.1) is 5.92 Å². The van der Waals surface area contributed by atoms with E-state index in [0.717, 1.165) is 23.4 Å². The highest BCUT2D eigenvalue weighted by Gasteiger charge is 2.25. The van der Waals surface area contributed by atoms with Crippen molar-refractivity contribution < 1.29 is 14.7 Å². The number of carbonyl (C=O) groups excluding carboxylic acids is 1. The summed E-state index contributed by atoms with van der Waals surface area (Å²) < 4.78 is 0. The number of carboxylic acids is 1. The first-order chi connectivity index (χ1) is 10.1. The molecule has 0 spiro atoms. The molecule has 0 radical (unpaired) electrons. The van der Waals surface area contributed by atoms with Crippen molar-refractivity contribution in [2.24, 2.45) is 5.92 Å². The fourth-order valence-electron chi connectivity index (χ4n) is 2.76. The molecule has 1 saturated heterocycles. The monoisotopic (exact) mass is 306 g/mol. The molecule has 3 rings (SSSR count). The van der Waals surface area contributed by atoms with Crippen LogP contribution in [0.1, 0.15) is 27.9 Å². The van der Waals surface area contributed by atoms with Crippen LogP contribution in [0.2, 0.25) is 0 Å². The molecule has 0 bridgehead atoms. The number of fused-ring (bicyclic) bond motifs is 1. The van der Waals surface area contributed by atoms with Gasteiger partial charge in [0, 0.05) is 19.6 Å². The van der Waals surface area contributed by atoms with Gasteiger partial charge < -0.3 is 15.3 Å². The summed E-state index contributed by atoms with van der Waals surface area (Å²) in [7, 11) is 0. The van der Waals surface area contributed by atoms with E-state index in [-0.39, 0.29) is 11.6 Å². The molecule has 0 saturated carbocycles. The van der Waals surface area contributed by atoms with Crippen LogP contribution in [0.5, 0.6) is 0 Å². The first-order valence-electron chi connectivity index (χ1n) is 7.09. The number of benzene rings is 1. The molecule has 6 heteroatoms. The van der Waals surface area contributed by atoms with E-state index in [4.69, 9.17) is 5.11 Å². The zero-order chi connectivity index (χ0) is 14.8. The molecule has 1 unspecified atom stereocenters. The molecule has 2 aliphatic heterocycles. The van der Waals surface area contributed by atoms with Gasteiger partial charge in [0.15, 0.2) is 0 Å². The van der Waals surface area contributed by atoms with Gasteiger partial charge in [-0.15, -0.1) is 0 Å². The molecule has 5 nitrogen and oxygen atoms in total. The van der Waals surface area contributed by atoms with E-state index in [0.29, 0.717) is 19.0 Å². The number of hydrogen-bond acceptors (Lipinski definition) is 3. The van der Waals surface area contributed by atoms with Gasteiger partial charge in [-0.05, 0) is 47.1 Å². The third kappa shape index (κ3) is 3.15. The van der Waals surface area contributed by atoms with E-state index >= 15 is 0 Å². The smallest absolute Gasteiger partial charge is 0.335 e. The number of thioether (sulfide) groups is 1. The number of rotatable bonds is 3. The summed E-state index contributed by atoms with van der Waals surface area (Å²) in [6.45, 7) is 1.78. The van der Waals surface area contributed by atoms with Gasteiger partial charge in [-0.1, -0.05) is 6.07 Å². The van der Waals surface area contributed by atoms with Gasteiger partial charge in [-0.3, -0.25) is 0 Å². The van der Waals surface area contributed by atoms with Gasteiger partial charge >= 0.3 is 12.0 Å². The van der Waals surface area contributed by atoms with Gasteiger partial charge in [0.2, 0.25) is 0 Å². The fraction of sp³-hybridized carbons (Fsp3) is 0.467. The minimum Gasteiger partial charge on any atom is -0.478 e. The molecule has 21 heavy (non-hydrogen) atoms. The molecular formula is C15H18N2O3S. The number of carboxylic acid groups (broad SMARTS) is 1. The summed E-state index contributed by atoms with van der Waals surface area (Å²) in [5.41, 5.74) is 2.24. The van der Waals surface area contributed by atoms with Crippen LogP contribution >= 0.6 is 11.8 Å². The molecule has 1 aromatic rings. The van der Waals surface area contributed by atoms with Crippen LogP contribution in [0.15, 0.2) is 18.2 Å². The first-order valence-corrected chi connectivity index (χ1v) is 8.24. The second-order valence-electron chi connectivity index (χ2n) is 5.56. The normalized spacial score (nSPS) is 20.4. The standard InChI is InChI=1S/C15H18N2O3S/c18-14(19)11-1-2-12-7-17(8-13(12)5-11)15(20)16-6-10-3-4-21-9-10/h1-2,5,10H,3-4,6-9H2,(H,16,20)(H,18,19). The van der Waals surface area contributed by atoms with Crippen LogP contribution in [-0.4, -0.2) is 40.1 Å². The highest BCUT2D eigenvalue weighted by atomic mass is 32.2. The molecule has 0 aliphatic carbocycles. The first kappa shape index (κ1) is 14.3. The summed E-state index contributed by atoms with van der Waals surface area (Å²) in [5, 5.41) is 12.0. The van der Waals surface area contributed by atoms with Gasteiger partial charge in [-0.2, -0.15) is 11.8 Å². The van der Waals surface area contributed by atoms with Crippen LogP contribution in [-0.2, 0) is 13.1 Å². The molecule has 0 aromatic heterocycles. The minimum atomic E-state index is -0.931. The van der Waals surface area contributed by atoms with Crippen molar-refractivity contribution in [3.8, 4) is 0 Å². The second kappa shape index (κ2) is 5.97. The number of nitrogens with zero attached hydrogens (tertiary/aromatic N) is 1. The van der Waals surface area contributed by atoms with Crippen molar-refractivity contribution in [1.29, 1.82) is 0 Å². The summed E-state index contributed by atoms with van der Waals surface area (Å²) >= 11 is 1.94. The van der Waals surface area contributed by atoms with E-state index in [1.54, 1.807) is 23.1 Å². The highest BCUT2D eigenvalue weighted by Crippen LogP contribution is 2.25. The van der Waals surface area contributed by atoms with Crippen molar-refractivity contribution in [2.45, 2.75) is 19.5 Å². The van der Waals surface area contributed by atoms with Gasteiger partial charge in [-0.25, -0.2) is 9.59 Å². The predicted molar refractivity (Wildman–Crippen MR) is 81.5 cm³/mol. The van der Waals surface area contributed by atoms with Crippen molar-refractivity contribution >= 4 is 23.8 Å². The van der Waals surface area contributed by atoms with E-state index in [1.165, 1.54) is 12.2 Å². The van der Waals surface area contributed by atoms with Crippen LogP contribution in [0.4, 0.5) is 4.79 Å². The lowest BCUT2D eigenvalue weighted by Crippen LogP contribution is -2.39. The Bertz CT molecular complexity index is 570. The average Bonchev–Trinajstić information content (AvgIpc) is 3.12. The maximum absolute atomic E-state index is 12.2. The molecule has 112 valence electrons.